The zero-order valence-corrected chi connectivity index (χ0v) is 13.2. The Morgan fingerprint density at radius 1 is 0.739 bits per heavy atom. The number of fused-ring (bicyclic) bond motifs is 1. The van der Waals surface area contributed by atoms with E-state index in [1.807, 2.05) is 0 Å². The smallest absolute Gasteiger partial charge is 0.0607 e. The summed E-state index contributed by atoms with van der Waals surface area (Å²) in [5.74, 6) is 0. The van der Waals surface area contributed by atoms with Gasteiger partial charge in [-0.1, -0.05) is 84.9 Å². The molecular weight excluding hydrogens is 278 g/mol. The maximum atomic E-state index is 2.60. The lowest BCUT2D eigenvalue weighted by Crippen LogP contribution is -2.35. The molecule has 0 saturated carbocycles. The fraction of sp³-hybridized carbons (Fsp3) is 0.182. The van der Waals surface area contributed by atoms with Crippen LogP contribution in [0.3, 0.4) is 0 Å². The number of hydrogen-bond acceptors (Lipinski definition) is 1. The largest absolute Gasteiger partial charge is 0.288 e. The van der Waals surface area contributed by atoms with E-state index in [-0.39, 0.29) is 0 Å². The van der Waals surface area contributed by atoms with Crippen molar-refractivity contribution in [1.29, 1.82) is 0 Å². The van der Waals surface area contributed by atoms with Gasteiger partial charge in [-0.3, -0.25) is 4.90 Å². The van der Waals surface area contributed by atoms with Gasteiger partial charge in [0.05, 0.1) is 6.04 Å². The lowest BCUT2D eigenvalue weighted by molar-refractivity contribution is 0.204. The van der Waals surface area contributed by atoms with Crippen molar-refractivity contribution >= 4 is 0 Å². The first kappa shape index (κ1) is 14.2. The van der Waals surface area contributed by atoms with Gasteiger partial charge < -0.3 is 0 Å². The second-order valence-electron chi connectivity index (χ2n) is 6.22. The Morgan fingerprint density at radius 2 is 1.39 bits per heavy atom. The molecule has 0 fully saturated rings. The minimum atomic E-state index is 0.348. The van der Waals surface area contributed by atoms with E-state index in [1.165, 1.54) is 22.3 Å². The minimum absolute atomic E-state index is 0.348. The molecule has 0 bridgehead atoms. The molecule has 1 heterocycles. The van der Waals surface area contributed by atoms with Crippen molar-refractivity contribution in [3.05, 3.63) is 107 Å². The molecule has 0 aromatic heterocycles. The van der Waals surface area contributed by atoms with Crippen molar-refractivity contribution in [3.8, 4) is 0 Å². The van der Waals surface area contributed by atoms with Crippen LogP contribution in [0, 0.1) is 0 Å². The summed E-state index contributed by atoms with van der Waals surface area (Å²) >= 11 is 0. The number of hydrogen-bond donors (Lipinski definition) is 0. The van der Waals surface area contributed by atoms with Crippen molar-refractivity contribution in [2.24, 2.45) is 0 Å². The number of nitrogens with zero attached hydrogens (tertiary/aromatic N) is 1. The molecule has 0 aliphatic carbocycles. The quantitative estimate of drug-likeness (QED) is 0.669. The normalized spacial score (nSPS) is 17.7. The number of rotatable bonds is 3. The van der Waals surface area contributed by atoms with Gasteiger partial charge in [-0.25, -0.2) is 0 Å². The van der Waals surface area contributed by atoms with E-state index in [0.29, 0.717) is 6.04 Å². The lowest BCUT2D eigenvalue weighted by Gasteiger charge is -2.37. The molecule has 3 aromatic rings. The van der Waals surface area contributed by atoms with Crippen molar-refractivity contribution in [3.63, 3.8) is 0 Å². The van der Waals surface area contributed by atoms with Crippen LogP contribution in [0.5, 0.6) is 0 Å². The third-order valence-corrected chi connectivity index (χ3v) is 4.73. The molecule has 0 spiro atoms. The third kappa shape index (κ3) is 2.93. The fourth-order valence-corrected chi connectivity index (χ4v) is 3.63. The first-order chi connectivity index (χ1) is 11.4. The molecule has 0 amide bonds. The highest BCUT2D eigenvalue weighted by molar-refractivity contribution is 5.39. The second-order valence-corrected chi connectivity index (χ2v) is 6.22. The van der Waals surface area contributed by atoms with Gasteiger partial charge in [-0.2, -0.15) is 0 Å². The van der Waals surface area contributed by atoms with Gasteiger partial charge in [-0.15, -0.1) is 0 Å². The van der Waals surface area contributed by atoms with Crippen molar-refractivity contribution in [2.75, 3.05) is 6.54 Å². The highest BCUT2D eigenvalue weighted by Gasteiger charge is 2.28. The van der Waals surface area contributed by atoms with Gasteiger partial charge >= 0.3 is 0 Å². The molecule has 0 radical (unpaired) electrons. The Morgan fingerprint density at radius 3 is 2.17 bits per heavy atom. The molecule has 1 atom stereocenters. The second kappa shape index (κ2) is 6.39. The molecule has 0 N–H and O–H groups in total. The summed E-state index contributed by atoms with van der Waals surface area (Å²) in [6, 6.07) is 30.9. The summed E-state index contributed by atoms with van der Waals surface area (Å²) in [6.07, 6.45) is 1.13. The van der Waals surface area contributed by atoms with E-state index in [2.05, 4.69) is 89.8 Å². The zero-order valence-electron chi connectivity index (χ0n) is 13.2. The Balaban J connectivity index is 1.74. The topological polar surface area (TPSA) is 3.24 Å². The van der Waals surface area contributed by atoms with Crippen LogP contribution in [-0.4, -0.2) is 11.4 Å². The Kier molecular flexibility index (Phi) is 3.95. The molecule has 3 aromatic carbocycles. The van der Waals surface area contributed by atoms with Crippen molar-refractivity contribution < 1.29 is 0 Å². The van der Waals surface area contributed by atoms with Crippen LogP contribution in [-0.2, 0) is 13.0 Å². The van der Waals surface area contributed by atoms with Crippen LogP contribution in [0.4, 0.5) is 0 Å². The van der Waals surface area contributed by atoms with Crippen LogP contribution < -0.4 is 0 Å². The first-order valence-corrected chi connectivity index (χ1v) is 8.32. The molecule has 1 nitrogen and oxygen atoms in total. The molecule has 114 valence electrons. The fourth-order valence-electron chi connectivity index (χ4n) is 3.63. The summed E-state index contributed by atoms with van der Waals surface area (Å²) in [5, 5.41) is 0. The maximum Gasteiger partial charge on any atom is 0.0607 e. The summed E-state index contributed by atoms with van der Waals surface area (Å²) in [6.45, 7) is 2.10. The van der Waals surface area contributed by atoms with Crippen LogP contribution in [0.2, 0.25) is 0 Å². The van der Waals surface area contributed by atoms with E-state index in [1.54, 1.807) is 0 Å². The van der Waals surface area contributed by atoms with E-state index >= 15 is 0 Å². The van der Waals surface area contributed by atoms with E-state index < -0.39 is 0 Å². The highest BCUT2D eigenvalue weighted by Crippen LogP contribution is 2.35. The summed E-state index contributed by atoms with van der Waals surface area (Å²) in [4.78, 5) is 2.60. The molecule has 1 unspecified atom stereocenters. The van der Waals surface area contributed by atoms with E-state index in [4.69, 9.17) is 0 Å². The maximum absolute atomic E-state index is 2.60. The van der Waals surface area contributed by atoms with Gasteiger partial charge in [-0.05, 0) is 28.7 Å². The molecule has 1 aliphatic heterocycles. The van der Waals surface area contributed by atoms with Gasteiger partial charge in [0.25, 0.3) is 0 Å². The zero-order chi connectivity index (χ0) is 15.5. The van der Waals surface area contributed by atoms with Crippen molar-refractivity contribution in [1.82, 2.24) is 4.90 Å². The number of benzene rings is 3. The SMILES string of the molecule is c1ccc(CN2CCc3ccccc3C2c2ccccc2)cc1. The molecule has 1 heteroatoms. The molecule has 0 saturated heterocycles. The molecular formula is C22H21N. The monoisotopic (exact) mass is 299 g/mol. The predicted molar refractivity (Wildman–Crippen MR) is 95.3 cm³/mol. The highest BCUT2D eigenvalue weighted by atomic mass is 15.2. The van der Waals surface area contributed by atoms with Gasteiger partial charge in [0.15, 0.2) is 0 Å². The summed E-state index contributed by atoms with van der Waals surface area (Å²) in [5.41, 5.74) is 5.72. The summed E-state index contributed by atoms with van der Waals surface area (Å²) < 4.78 is 0. The minimum Gasteiger partial charge on any atom is -0.288 e. The first-order valence-electron chi connectivity index (χ1n) is 8.32. The van der Waals surface area contributed by atoms with Crippen LogP contribution in [0.15, 0.2) is 84.9 Å². The van der Waals surface area contributed by atoms with E-state index in [9.17, 15) is 0 Å². The average Bonchev–Trinajstić information content (AvgIpc) is 2.63. The summed E-state index contributed by atoms with van der Waals surface area (Å²) in [7, 11) is 0. The predicted octanol–water partition coefficient (Wildman–Crippen LogP) is 4.83. The van der Waals surface area contributed by atoms with Gasteiger partial charge in [0.1, 0.15) is 0 Å². The molecule has 1 aliphatic rings. The Hall–Kier alpha value is -2.38. The van der Waals surface area contributed by atoms with Gasteiger partial charge in [0.2, 0.25) is 0 Å². The van der Waals surface area contributed by atoms with Crippen LogP contribution >= 0.6 is 0 Å². The standard InChI is InChI=1S/C22H21N/c1-3-9-18(10-4-1)17-23-16-15-19-11-7-8-14-21(19)22(23)20-12-5-2-6-13-20/h1-14,22H,15-17H2. The Bertz CT molecular complexity index is 764. The molecule has 23 heavy (non-hydrogen) atoms. The van der Waals surface area contributed by atoms with Crippen LogP contribution in [0.25, 0.3) is 0 Å². The van der Waals surface area contributed by atoms with Crippen molar-refractivity contribution in [2.45, 2.75) is 19.0 Å². The van der Waals surface area contributed by atoms with Crippen LogP contribution in [0.1, 0.15) is 28.3 Å². The van der Waals surface area contributed by atoms with Gasteiger partial charge in [0, 0.05) is 13.1 Å². The van der Waals surface area contributed by atoms with E-state index in [0.717, 1.165) is 19.5 Å². The molecule has 4 rings (SSSR count). The lowest BCUT2D eigenvalue weighted by atomic mass is 9.88. The average molecular weight is 299 g/mol. The Labute approximate surface area is 138 Å². The third-order valence-electron chi connectivity index (χ3n) is 4.73.